The summed E-state index contributed by atoms with van der Waals surface area (Å²) < 4.78 is 0. The van der Waals surface area contributed by atoms with E-state index in [-0.39, 0.29) is 0 Å². The van der Waals surface area contributed by atoms with E-state index >= 15 is 0 Å². The third kappa shape index (κ3) is 4.82. The Balaban J connectivity index is 1.55. The second kappa shape index (κ2) is 8.32. The van der Waals surface area contributed by atoms with Crippen LogP contribution in [0.3, 0.4) is 0 Å². The van der Waals surface area contributed by atoms with Gasteiger partial charge in [-0.3, -0.25) is 0 Å². The van der Waals surface area contributed by atoms with Crippen molar-refractivity contribution in [1.82, 2.24) is 9.80 Å². The maximum atomic E-state index is 5.95. The number of thiocarbonyl (C=S) groups is 1. The van der Waals surface area contributed by atoms with Crippen LogP contribution in [0.1, 0.15) is 38.5 Å². The highest BCUT2D eigenvalue weighted by molar-refractivity contribution is 7.80. The molecule has 1 aromatic rings. The summed E-state index contributed by atoms with van der Waals surface area (Å²) in [7, 11) is 0. The van der Waals surface area contributed by atoms with Gasteiger partial charge in [0.25, 0.3) is 0 Å². The average molecular weight is 352 g/mol. The lowest BCUT2D eigenvalue weighted by Gasteiger charge is -2.38. The van der Waals surface area contributed by atoms with Crippen LogP contribution in [0.5, 0.6) is 0 Å². The Kier molecular flexibility index (Phi) is 6.15. The molecule has 3 nitrogen and oxygen atoms in total. The number of benzene rings is 1. The van der Waals surface area contributed by atoms with Crippen molar-refractivity contribution in [2.75, 3.05) is 31.5 Å². The molecule has 0 aliphatic carbocycles. The van der Waals surface area contributed by atoms with Crippen molar-refractivity contribution in [1.29, 1.82) is 0 Å². The van der Waals surface area contributed by atoms with Crippen LogP contribution in [-0.4, -0.2) is 47.1 Å². The second-order valence-corrected chi connectivity index (χ2v) is 7.44. The number of hydrogen-bond acceptors (Lipinski definition) is 2. The van der Waals surface area contributed by atoms with Crippen molar-refractivity contribution < 1.29 is 0 Å². The predicted molar refractivity (Wildman–Crippen MR) is 102 cm³/mol. The molecular weight excluding hydrogens is 326 g/mol. The molecule has 0 radical (unpaired) electrons. The third-order valence-corrected chi connectivity index (χ3v) is 5.55. The molecule has 2 heterocycles. The zero-order valence-corrected chi connectivity index (χ0v) is 15.2. The smallest absolute Gasteiger partial charge is 0.173 e. The van der Waals surface area contributed by atoms with Gasteiger partial charge in [-0.05, 0) is 88.1 Å². The quantitative estimate of drug-likeness (QED) is 0.811. The van der Waals surface area contributed by atoms with Crippen LogP contribution in [0.4, 0.5) is 5.69 Å². The summed E-state index contributed by atoms with van der Waals surface area (Å²) in [5, 5.41) is 4.99. The molecule has 0 spiro atoms. The minimum absolute atomic E-state index is 0.580. The van der Waals surface area contributed by atoms with Crippen LogP contribution in [0.15, 0.2) is 24.3 Å². The summed E-state index contributed by atoms with van der Waals surface area (Å²) in [6.45, 7) is 4.84. The van der Waals surface area contributed by atoms with E-state index in [2.05, 4.69) is 15.1 Å². The highest BCUT2D eigenvalue weighted by Gasteiger charge is 2.25. The third-order valence-electron chi connectivity index (χ3n) is 4.96. The summed E-state index contributed by atoms with van der Waals surface area (Å²) in [5.41, 5.74) is 1.02. The zero-order valence-electron chi connectivity index (χ0n) is 13.6. The normalized spacial score (nSPS) is 22.3. The molecule has 0 bridgehead atoms. The SMILES string of the molecule is S=C(Nc1ccc(Cl)cc1)N1CCCCC1CCN1CCCC1. The van der Waals surface area contributed by atoms with Crippen LogP contribution in [0, 0.1) is 0 Å². The van der Waals surface area contributed by atoms with Gasteiger partial charge in [-0.15, -0.1) is 0 Å². The lowest BCUT2D eigenvalue weighted by molar-refractivity contribution is 0.206. The Morgan fingerprint density at radius 1 is 1.09 bits per heavy atom. The Labute approximate surface area is 150 Å². The number of rotatable bonds is 4. The van der Waals surface area contributed by atoms with Crippen LogP contribution in [-0.2, 0) is 0 Å². The fourth-order valence-corrected chi connectivity index (χ4v) is 4.12. The molecule has 5 heteroatoms. The number of piperidine rings is 1. The number of hydrogen-bond donors (Lipinski definition) is 1. The van der Waals surface area contributed by atoms with E-state index in [1.54, 1.807) is 0 Å². The Morgan fingerprint density at radius 2 is 1.78 bits per heavy atom. The van der Waals surface area contributed by atoms with E-state index in [9.17, 15) is 0 Å². The number of nitrogens with one attached hydrogen (secondary N) is 1. The van der Waals surface area contributed by atoms with Crippen LogP contribution >= 0.6 is 23.8 Å². The van der Waals surface area contributed by atoms with E-state index < -0.39 is 0 Å². The van der Waals surface area contributed by atoms with Crippen molar-refractivity contribution in [3.63, 3.8) is 0 Å². The molecule has 0 amide bonds. The molecule has 3 rings (SSSR count). The van der Waals surface area contributed by atoms with E-state index in [0.717, 1.165) is 22.4 Å². The molecule has 1 aromatic carbocycles. The molecule has 23 heavy (non-hydrogen) atoms. The molecular formula is C18H26ClN3S. The first-order valence-electron chi connectivity index (χ1n) is 8.78. The highest BCUT2D eigenvalue weighted by atomic mass is 35.5. The number of anilines is 1. The lowest BCUT2D eigenvalue weighted by atomic mass is 9.99. The van der Waals surface area contributed by atoms with E-state index in [1.165, 1.54) is 58.2 Å². The molecule has 2 aliphatic rings. The Morgan fingerprint density at radius 3 is 2.52 bits per heavy atom. The van der Waals surface area contributed by atoms with Crippen molar-refractivity contribution in [3.8, 4) is 0 Å². The van der Waals surface area contributed by atoms with Gasteiger partial charge >= 0.3 is 0 Å². The topological polar surface area (TPSA) is 18.5 Å². The van der Waals surface area contributed by atoms with Gasteiger partial charge in [0.1, 0.15) is 0 Å². The van der Waals surface area contributed by atoms with Crippen molar-refractivity contribution in [2.45, 2.75) is 44.6 Å². The van der Waals surface area contributed by atoms with Crippen molar-refractivity contribution >= 4 is 34.6 Å². The molecule has 2 saturated heterocycles. The van der Waals surface area contributed by atoms with Gasteiger partial charge in [-0.25, -0.2) is 0 Å². The molecule has 2 aliphatic heterocycles. The average Bonchev–Trinajstić information content (AvgIpc) is 3.09. The largest absolute Gasteiger partial charge is 0.346 e. The monoisotopic (exact) mass is 351 g/mol. The summed E-state index contributed by atoms with van der Waals surface area (Å²) in [6, 6.07) is 8.34. The summed E-state index contributed by atoms with van der Waals surface area (Å²) >= 11 is 11.6. The molecule has 0 aromatic heterocycles. The number of likely N-dealkylation sites (tertiary alicyclic amines) is 2. The zero-order chi connectivity index (χ0) is 16.1. The van der Waals surface area contributed by atoms with Crippen molar-refractivity contribution in [2.24, 2.45) is 0 Å². The Hall–Kier alpha value is -0.840. The van der Waals surface area contributed by atoms with Gasteiger partial charge in [-0.2, -0.15) is 0 Å². The van der Waals surface area contributed by atoms with Crippen LogP contribution < -0.4 is 5.32 Å². The second-order valence-electron chi connectivity index (χ2n) is 6.62. The molecule has 1 atom stereocenters. The first kappa shape index (κ1) is 17.0. The minimum atomic E-state index is 0.580. The van der Waals surface area contributed by atoms with Gasteiger partial charge < -0.3 is 15.1 Å². The summed E-state index contributed by atoms with van der Waals surface area (Å²) in [4.78, 5) is 5.01. The van der Waals surface area contributed by atoms with Gasteiger partial charge in [0.15, 0.2) is 5.11 Å². The highest BCUT2D eigenvalue weighted by Crippen LogP contribution is 2.23. The summed E-state index contributed by atoms with van der Waals surface area (Å²) in [6.07, 6.45) is 7.78. The van der Waals surface area contributed by atoms with Crippen molar-refractivity contribution in [3.05, 3.63) is 29.3 Å². The first-order chi connectivity index (χ1) is 11.2. The molecule has 2 fully saturated rings. The van der Waals surface area contributed by atoms with Crippen LogP contribution in [0.25, 0.3) is 0 Å². The Bertz CT molecular complexity index is 514. The van der Waals surface area contributed by atoms with E-state index in [1.807, 2.05) is 24.3 Å². The maximum absolute atomic E-state index is 5.95. The van der Waals surface area contributed by atoms with Gasteiger partial charge in [-0.1, -0.05) is 11.6 Å². The molecule has 1 unspecified atom stereocenters. The first-order valence-corrected chi connectivity index (χ1v) is 9.56. The van der Waals surface area contributed by atoms with Gasteiger partial charge in [0.2, 0.25) is 0 Å². The van der Waals surface area contributed by atoms with Crippen LogP contribution in [0.2, 0.25) is 5.02 Å². The number of halogens is 1. The maximum Gasteiger partial charge on any atom is 0.173 e. The predicted octanol–water partition coefficient (Wildman–Crippen LogP) is 4.38. The van der Waals surface area contributed by atoms with E-state index in [4.69, 9.17) is 23.8 Å². The van der Waals surface area contributed by atoms with Gasteiger partial charge in [0.05, 0.1) is 0 Å². The standard InChI is InChI=1S/C18H26ClN3S/c19-15-6-8-16(9-7-15)20-18(23)22-13-2-1-5-17(22)10-14-21-11-3-4-12-21/h6-9,17H,1-5,10-14H2,(H,20,23). The fourth-order valence-electron chi connectivity index (χ4n) is 3.63. The fraction of sp³-hybridized carbons (Fsp3) is 0.611. The molecule has 1 N–H and O–H groups in total. The molecule has 0 saturated carbocycles. The lowest BCUT2D eigenvalue weighted by Crippen LogP contribution is -2.46. The minimum Gasteiger partial charge on any atom is -0.346 e. The van der Waals surface area contributed by atoms with E-state index in [0.29, 0.717) is 6.04 Å². The molecule has 126 valence electrons. The number of nitrogens with zero attached hydrogens (tertiary/aromatic N) is 2. The summed E-state index contributed by atoms with van der Waals surface area (Å²) in [5.74, 6) is 0. The van der Waals surface area contributed by atoms with Gasteiger partial charge in [0, 0.05) is 29.8 Å².